The zero-order chi connectivity index (χ0) is 13.4. The zero-order valence-electron chi connectivity index (χ0n) is 10.5. The molecule has 2 rings (SSSR count). The van der Waals surface area contributed by atoms with E-state index in [0.717, 1.165) is 19.3 Å². The molecule has 0 saturated heterocycles. The fraction of sp³-hybridized carbons (Fsp3) is 0.727. The van der Waals surface area contributed by atoms with Crippen molar-refractivity contribution in [1.29, 1.82) is 0 Å². The van der Waals surface area contributed by atoms with Crippen molar-refractivity contribution in [2.45, 2.75) is 38.0 Å². The fourth-order valence-electron chi connectivity index (χ4n) is 2.07. The summed E-state index contributed by atoms with van der Waals surface area (Å²) in [6.45, 7) is 3.66. The summed E-state index contributed by atoms with van der Waals surface area (Å²) in [5.41, 5.74) is 0.454. The molecular formula is C11H17ClN2O3S. The second kappa shape index (κ2) is 4.83. The largest absolute Gasteiger partial charge is 0.360 e. The van der Waals surface area contributed by atoms with Crippen molar-refractivity contribution >= 4 is 21.6 Å². The molecule has 0 unspecified atom stereocenters. The van der Waals surface area contributed by atoms with Crippen molar-refractivity contribution in [2.75, 3.05) is 12.4 Å². The van der Waals surface area contributed by atoms with Crippen LogP contribution in [0.15, 0.2) is 9.42 Å². The van der Waals surface area contributed by atoms with Gasteiger partial charge in [0.05, 0.1) is 0 Å². The van der Waals surface area contributed by atoms with Crippen molar-refractivity contribution in [3.8, 4) is 0 Å². The number of nitrogens with zero attached hydrogens (tertiary/aromatic N) is 1. The maximum atomic E-state index is 12.2. The summed E-state index contributed by atoms with van der Waals surface area (Å²) in [5.74, 6) is 0.884. The van der Waals surface area contributed by atoms with Crippen molar-refractivity contribution < 1.29 is 12.9 Å². The lowest BCUT2D eigenvalue weighted by molar-refractivity contribution is 0.390. The van der Waals surface area contributed by atoms with Gasteiger partial charge in [-0.2, -0.15) is 0 Å². The molecule has 1 aliphatic rings. The highest BCUT2D eigenvalue weighted by Crippen LogP contribution is 2.48. The normalized spacial score (nSPS) is 17.9. The lowest BCUT2D eigenvalue weighted by atomic mass is 10.1. The smallest absolute Gasteiger partial charge is 0.245 e. The Hall–Kier alpha value is -0.590. The third-order valence-electron chi connectivity index (χ3n) is 3.46. The van der Waals surface area contributed by atoms with Gasteiger partial charge in [0.1, 0.15) is 10.6 Å². The van der Waals surface area contributed by atoms with Crippen LogP contribution in [0.1, 0.15) is 30.7 Å². The number of aromatic nitrogens is 1. The Kier molecular flexibility index (Phi) is 3.71. The quantitative estimate of drug-likeness (QED) is 0.814. The molecule has 7 heteroatoms. The molecule has 5 nitrogen and oxygen atoms in total. The van der Waals surface area contributed by atoms with Gasteiger partial charge in [0, 0.05) is 12.4 Å². The number of rotatable bonds is 6. The molecule has 0 radical (unpaired) electrons. The Morgan fingerprint density at radius 2 is 2.11 bits per heavy atom. The van der Waals surface area contributed by atoms with Gasteiger partial charge in [-0.3, -0.25) is 0 Å². The molecule has 1 heterocycles. The predicted octanol–water partition coefficient (Wildman–Crippen LogP) is 1.98. The van der Waals surface area contributed by atoms with E-state index in [9.17, 15) is 8.42 Å². The van der Waals surface area contributed by atoms with Crippen LogP contribution < -0.4 is 4.72 Å². The summed E-state index contributed by atoms with van der Waals surface area (Å²) in [5, 5.41) is 3.66. The van der Waals surface area contributed by atoms with Crippen molar-refractivity contribution in [3.05, 3.63) is 11.5 Å². The third kappa shape index (κ3) is 2.70. The average molecular weight is 293 g/mol. The van der Waals surface area contributed by atoms with Gasteiger partial charge in [-0.25, -0.2) is 13.1 Å². The molecule has 0 aliphatic heterocycles. The number of halogens is 1. The lowest BCUT2D eigenvalue weighted by Crippen LogP contribution is -2.31. The molecule has 0 spiro atoms. The van der Waals surface area contributed by atoms with Crippen LogP contribution in [0.4, 0.5) is 0 Å². The second-order valence-corrected chi connectivity index (χ2v) is 7.00. The summed E-state index contributed by atoms with van der Waals surface area (Å²) >= 11 is 5.72. The first-order valence-electron chi connectivity index (χ1n) is 5.89. The monoisotopic (exact) mass is 292 g/mol. The Balaban J connectivity index is 2.09. The molecule has 18 heavy (non-hydrogen) atoms. The minimum Gasteiger partial charge on any atom is -0.360 e. The first kappa shape index (κ1) is 13.8. The average Bonchev–Trinajstić information content (AvgIpc) is 2.97. The van der Waals surface area contributed by atoms with E-state index in [-0.39, 0.29) is 10.3 Å². The molecule has 1 aliphatic carbocycles. The van der Waals surface area contributed by atoms with Crippen LogP contribution in [-0.2, 0) is 10.0 Å². The number of hydrogen-bond acceptors (Lipinski definition) is 4. The third-order valence-corrected chi connectivity index (χ3v) is 5.29. The number of sulfonamides is 1. The highest BCUT2D eigenvalue weighted by atomic mass is 35.5. The predicted molar refractivity (Wildman–Crippen MR) is 68.2 cm³/mol. The molecule has 0 aromatic carbocycles. The molecule has 102 valence electrons. The van der Waals surface area contributed by atoms with Crippen LogP contribution in [0.3, 0.4) is 0 Å². The lowest BCUT2D eigenvalue weighted by Gasteiger charge is -2.14. The summed E-state index contributed by atoms with van der Waals surface area (Å²) in [4.78, 5) is 0.157. The van der Waals surface area contributed by atoms with E-state index in [4.69, 9.17) is 16.1 Å². The van der Waals surface area contributed by atoms with Crippen LogP contribution >= 0.6 is 11.6 Å². The van der Waals surface area contributed by atoms with Crippen LogP contribution in [0.25, 0.3) is 0 Å². The van der Waals surface area contributed by atoms with Gasteiger partial charge in [-0.15, -0.1) is 11.6 Å². The number of alkyl halides is 1. The van der Waals surface area contributed by atoms with Gasteiger partial charge in [0.15, 0.2) is 5.76 Å². The molecule has 1 saturated carbocycles. The minimum atomic E-state index is -3.54. The molecule has 1 aromatic rings. The highest BCUT2D eigenvalue weighted by Gasteiger charge is 2.42. The van der Waals surface area contributed by atoms with Gasteiger partial charge in [0.25, 0.3) is 0 Å². The van der Waals surface area contributed by atoms with Gasteiger partial charge >= 0.3 is 0 Å². The van der Waals surface area contributed by atoms with Gasteiger partial charge in [0.2, 0.25) is 10.0 Å². The summed E-state index contributed by atoms with van der Waals surface area (Å²) in [6, 6.07) is 0. The Bertz CT molecular complexity index is 515. The van der Waals surface area contributed by atoms with Crippen LogP contribution in [0, 0.1) is 19.3 Å². The number of hydrogen-bond donors (Lipinski definition) is 1. The Morgan fingerprint density at radius 1 is 1.44 bits per heavy atom. The molecule has 0 amide bonds. The topological polar surface area (TPSA) is 72.2 Å². The molecule has 1 fully saturated rings. The first-order chi connectivity index (χ1) is 8.40. The van der Waals surface area contributed by atoms with Crippen molar-refractivity contribution in [2.24, 2.45) is 5.41 Å². The standard InChI is InChI=1S/C11H17ClN2O3S/c1-8-10(9(2)17-14-8)18(15,16)13-7-11(3-4-11)5-6-12/h13H,3-7H2,1-2H3. The van der Waals surface area contributed by atoms with Crippen LogP contribution in [-0.4, -0.2) is 26.0 Å². The molecule has 1 N–H and O–H groups in total. The fourth-order valence-corrected chi connectivity index (χ4v) is 3.95. The van der Waals surface area contributed by atoms with Crippen molar-refractivity contribution in [3.63, 3.8) is 0 Å². The highest BCUT2D eigenvalue weighted by molar-refractivity contribution is 7.89. The summed E-state index contributed by atoms with van der Waals surface area (Å²) in [6.07, 6.45) is 2.91. The van der Waals surface area contributed by atoms with Crippen LogP contribution in [0.5, 0.6) is 0 Å². The summed E-state index contributed by atoms with van der Waals surface area (Å²) < 4.78 is 31.9. The molecule has 0 bridgehead atoms. The number of aryl methyl sites for hydroxylation is 2. The van der Waals surface area contributed by atoms with E-state index in [1.807, 2.05) is 0 Å². The number of nitrogens with one attached hydrogen (secondary N) is 1. The summed E-state index contributed by atoms with van der Waals surface area (Å²) in [7, 11) is -3.54. The van der Waals surface area contributed by atoms with E-state index >= 15 is 0 Å². The van der Waals surface area contributed by atoms with E-state index < -0.39 is 10.0 Å². The second-order valence-electron chi connectivity index (χ2n) is 4.92. The molecule has 1 aromatic heterocycles. The molecular weight excluding hydrogens is 276 g/mol. The SMILES string of the molecule is Cc1noc(C)c1S(=O)(=O)NCC1(CCCl)CC1. The van der Waals surface area contributed by atoms with E-state index in [1.165, 1.54) is 0 Å². The Morgan fingerprint density at radius 3 is 2.56 bits per heavy atom. The first-order valence-corrected chi connectivity index (χ1v) is 7.90. The maximum Gasteiger partial charge on any atom is 0.245 e. The van der Waals surface area contributed by atoms with Crippen LogP contribution in [0.2, 0.25) is 0 Å². The van der Waals surface area contributed by atoms with Crippen molar-refractivity contribution in [1.82, 2.24) is 9.88 Å². The van der Waals surface area contributed by atoms with E-state index in [2.05, 4.69) is 9.88 Å². The van der Waals surface area contributed by atoms with E-state index in [1.54, 1.807) is 13.8 Å². The van der Waals surface area contributed by atoms with Gasteiger partial charge < -0.3 is 4.52 Å². The minimum absolute atomic E-state index is 0.0633. The van der Waals surface area contributed by atoms with Gasteiger partial charge in [-0.1, -0.05) is 5.16 Å². The maximum absolute atomic E-state index is 12.2. The van der Waals surface area contributed by atoms with E-state index in [0.29, 0.717) is 23.9 Å². The van der Waals surface area contributed by atoms with Gasteiger partial charge in [-0.05, 0) is 38.5 Å². The zero-order valence-corrected chi connectivity index (χ0v) is 12.1. The molecule has 0 atom stereocenters. The Labute approximate surface area is 112 Å².